The monoisotopic (exact) mass is 275 g/mol. The zero-order valence-electron chi connectivity index (χ0n) is 8.36. The highest BCUT2D eigenvalue weighted by Crippen LogP contribution is 2.31. The minimum absolute atomic E-state index is 0.160. The van der Waals surface area contributed by atoms with Crippen LogP contribution in [0, 0.1) is 17.6 Å². The van der Waals surface area contributed by atoms with Gasteiger partial charge in [0.25, 0.3) is 0 Å². The zero-order chi connectivity index (χ0) is 11.0. The molecule has 1 fully saturated rings. The summed E-state index contributed by atoms with van der Waals surface area (Å²) in [5.74, 6) is -0.167. The maximum Gasteiger partial charge on any atom is 0.147 e. The van der Waals surface area contributed by atoms with Crippen LogP contribution in [-0.2, 0) is 0 Å². The third kappa shape index (κ3) is 2.30. The normalized spacial score (nSPS) is 24.8. The molecular weight excluding hydrogens is 264 g/mol. The van der Waals surface area contributed by atoms with Crippen LogP contribution in [0.25, 0.3) is 0 Å². The number of benzene rings is 1. The number of anilines is 1. The smallest absolute Gasteiger partial charge is 0.147 e. The molecule has 0 saturated heterocycles. The van der Waals surface area contributed by atoms with Gasteiger partial charge in [0.15, 0.2) is 0 Å². The van der Waals surface area contributed by atoms with Crippen LogP contribution in [0.2, 0.25) is 0 Å². The van der Waals surface area contributed by atoms with E-state index in [1.165, 1.54) is 6.07 Å². The van der Waals surface area contributed by atoms with Gasteiger partial charge in [-0.15, -0.1) is 0 Å². The molecule has 0 amide bonds. The quantitative estimate of drug-likeness (QED) is 0.807. The van der Waals surface area contributed by atoms with Crippen LogP contribution in [0.15, 0.2) is 16.6 Å². The van der Waals surface area contributed by atoms with Gasteiger partial charge in [0.2, 0.25) is 0 Å². The fourth-order valence-corrected chi connectivity index (χ4v) is 2.19. The fourth-order valence-electron chi connectivity index (χ4n) is 1.87. The average molecular weight is 276 g/mol. The first-order valence-corrected chi connectivity index (χ1v) is 5.76. The summed E-state index contributed by atoms with van der Waals surface area (Å²) in [6.45, 7) is 2.15. The van der Waals surface area contributed by atoms with Crippen molar-refractivity contribution in [2.45, 2.75) is 25.8 Å². The highest BCUT2D eigenvalue weighted by molar-refractivity contribution is 9.10. The molecule has 1 aromatic rings. The Morgan fingerprint density at radius 1 is 1.27 bits per heavy atom. The van der Waals surface area contributed by atoms with Gasteiger partial charge in [0.05, 0.1) is 10.2 Å². The summed E-state index contributed by atoms with van der Waals surface area (Å²) in [5, 5.41) is 3.01. The summed E-state index contributed by atoms with van der Waals surface area (Å²) >= 11 is 2.94. The number of hydrogen-bond acceptors (Lipinski definition) is 1. The van der Waals surface area contributed by atoms with E-state index in [0.717, 1.165) is 18.9 Å². The third-order valence-electron chi connectivity index (χ3n) is 2.74. The van der Waals surface area contributed by atoms with Gasteiger partial charge in [-0.25, -0.2) is 8.78 Å². The van der Waals surface area contributed by atoms with Crippen LogP contribution >= 0.6 is 15.9 Å². The molecular formula is C11H12BrF2N. The van der Waals surface area contributed by atoms with E-state index in [0.29, 0.717) is 5.92 Å². The molecule has 0 heterocycles. The second-order valence-electron chi connectivity index (χ2n) is 4.16. The standard InChI is InChI=1S/C11H12BrF2N/c1-6-2-7(3-6)15-11-5-9(13)8(12)4-10(11)14/h4-7,15H,2-3H2,1H3. The molecule has 1 nitrogen and oxygen atoms in total. The summed E-state index contributed by atoms with van der Waals surface area (Å²) in [6, 6.07) is 2.64. The van der Waals surface area contributed by atoms with Crippen LogP contribution in [0.3, 0.4) is 0 Å². The Bertz CT molecular complexity index is 375. The maximum atomic E-state index is 13.4. The third-order valence-corrected chi connectivity index (χ3v) is 3.35. The van der Waals surface area contributed by atoms with E-state index in [1.54, 1.807) is 0 Å². The van der Waals surface area contributed by atoms with E-state index >= 15 is 0 Å². The van der Waals surface area contributed by atoms with Crippen molar-refractivity contribution in [2.75, 3.05) is 5.32 Å². The van der Waals surface area contributed by atoms with Crippen LogP contribution in [0.4, 0.5) is 14.5 Å². The van der Waals surface area contributed by atoms with Gasteiger partial charge in [0.1, 0.15) is 11.6 Å². The largest absolute Gasteiger partial charge is 0.380 e. The number of rotatable bonds is 2. The van der Waals surface area contributed by atoms with Gasteiger partial charge in [-0.3, -0.25) is 0 Å². The molecule has 4 heteroatoms. The number of halogens is 3. The first-order chi connectivity index (χ1) is 7.06. The van der Waals surface area contributed by atoms with Crippen LogP contribution in [0.1, 0.15) is 19.8 Å². The lowest BCUT2D eigenvalue weighted by molar-refractivity contribution is 0.308. The lowest BCUT2D eigenvalue weighted by Crippen LogP contribution is -2.34. The summed E-state index contributed by atoms with van der Waals surface area (Å²) in [4.78, 5) is 0. The Hall–Kier alpha value is -0.640. The minimum atomic E-state index is -0.439. The van der Waals surface area contributed by atoms with Gasteiger partial charge in [-0.1, -0.05) is 6.92 Å². The molecule has 0 radical (unpaired) electrons. The van der Waals surface area contributed by atoms with Crippen molar-refractivity contribution >= 4 is 21.6 Å². The Labute approximate surface area is 96.0 Å². The lowest BCUT2D eigenvalue weighted by atomic mass is 9.82. The van der Waals surface area contributed by atoms with Gasteiger partial charge >= 0.3 is 0 Å². The average Bonchev–Trinajstić information content (AvgIpc) is 2.11. The second kappa shape index (κ2) is 4.08. The molecule has 15 heavy (non-hydrogen) atoms. The molecule has 0 spiro atoms. The molecule has 0 unspecified atom stereocenters. The Morgan fingerprint density at radius 3 is 2.53 bits per heavy atom. The van der Waals surface area contributed by atoms with Crippen molar-refractivity contribution in [1.29, 1.82) is 0 Å². The van der Waals surface area contributed by atoms with Gasteiger partial charge in [-0.2, -0.15) is 0 Å². The number of hydrogen-bond donors (Lipinski definition) is 1. The first kappa shape index (κ1) is 10.9. The second-order valence-corrected chi connectivity index (χ2v) is 5.02. The highest BCUT2D eigenvalue weighted by atomic mass is 79.9. The lowest BCUT2D eigenvalue weighted by Gasteiger charge is -2.34. The van der Waals surface area contributed by atoms with Gasteiger partial charge in [-0.05, 0) is 40.8 Å². The molecule has 0 aromatic heterocycles. The number of nitrogens with one attached hydrogen (secondary N) is 1. The molecule has 0 aliphatic heterocycles. The Morgan fingerprint density at radius 2 is 1.93 bits per heavy atom. The molecule has 1 N–H and O–H groups in total. The summed E-state index contributed by atoms with van der Waals surface area (Å²) in [7, 11) is 0. The van der Waals surface area contributed by atoms with Crippen LogP contribution < -0.4 is 5.32 Å². The van der Waals surface area contributed by atoms with Crippen molar-refractivity contribution in [1.82, 2.24) is 0 Å². The highest BCUT2D eigenvalue weighted by Gasteiger charge is 2.25. The molecule has 0 atom stereocenters. The van der Waals surface area contributed by atoms with Crippen molar-refractivity contribution in [3.05, 3.63) is 28.2 Å². The molecule has 0 bridgehead atoms. The Balaban J connectivity index is 2.11. The molecule has 2 rings (SSSR count). The molecule has 82 valence electrons. The van der Waals surface area contributed by atoms with Crippen LogP contribution in [-0.4, -0.2) is 6.04 Å². The maximum absolute atomic E-state index is 13.4. The molecule has 1 aliphatic rings. The summed E-state index contributed by atoms with van der Waals surface area (Å²) in [6.07, 6.45) is 2.05. The summed E-state index contributed by atoms with van der Waals surface area (Å²) in [5.41, 5.74) is 0.257. The first-order valence-electron chi connectivity index (χ1n) is 4.97. The minimum Gasteiger partial charge on any atom is -0.380 e. The molecule has 1 saturated carbocycles. The van der Waals surface area contributed by atoms with Gasteiger partial charge < -0.3 is 5.32 Å². The Kier molecular flexibility index (Phi) is 2.96. The van der Waals surface area contributed by atoms with Gasteiger partial charge in [0, 0.05) is 12.1 Å². The van der Waals surface area contributed by atoms with E-state index in [1.807, 2.05) is 0 Å². The van der Waals surface area contributed by atoms with E-state index in [9.17, 15) is 8.78 Å². The van der Waals surface area contributed by atoms with E-state index in [-0.39, 0.29) is 16.2 Å². The van der Waals surface area contributed by atoms with Crippen molar-refractivity contribution in [3.8, 4) is 0 Å². The molecule has 1 aromatic carbocycles. The van der Waals surface area contributed by atoms with Crippen molar-refractivity contribution in [3.63, 3.8) is 0 Å². The van der Waals surface area contributed by atoms with E-state index in [2.05, 4.69) is 28.2 Å². The predicted molar refractivity (Wildman–Crippen MR) is 59.9 cm³/mol. The molecule has 1 aliphatic carbocycles. The topological polar surface area (TPSA) is 12.0 Å². The van der Waals surface area contributed by atoms with Crippen LogP contribution in [0.5, 0.6) is 0 Å². The predicted octanol–water partition coefficient (Wildman–Crippen LogP) is 3.94. The van der Waals surface area contributed by atoms with Crippen molar-refractivity contribution in [2.24, 2.45) is 5.92 Å². The van der Waals surface area contributed by atoms with E-state index < -0.39 is 11.6 Å². The fraction of sp³-hybridized carbons (Fsp3) is 0.455. The SMILES string of the molecule is CC1CC(Nc2cc(F)c(Br)cc2F)C1. The summed E-state index contributed by atoms with van der Waals surface area (Å²) < 4.78 is 26.7. The zero-order valence-corrected chi connectivity index (χ0v) is 9.94. The van der Waals surface area contributed by atoms with Crippen molar-refractivity contribution < 1.29 is 8.78 Å². The van der Waals surface area contributed by atoms with E-state index in [4.69, 9.17) is 0 Å².